The van der Waals surface area contributed by atoms with Crippen molar-refractivity contribution in [1.82, 2.24) is 0 Å². The van der Waals surface area contributed by atoms with Crippen molar-refractivity contribution in [3.63, 3.8) is 0 Å². The summed E-state index contributed by atoms with van der Waals surface area (Å²) in [4.78, 5) is 2.50. The highest BCUT2D eigenvalue weighted by Gasteiger charge is 2.04. The highest BCUT2D eigenvalue weighted by Crippen LogP contribution is 2.34. The van der Waals surface area contributed by atoms with Crippen LogP contribution in [0.5, 0.6) is 0 Å². The Hall–Kier alpha value is -0.620. The van der Waals surface area contributed by atoms with Crippen molar-refractivity contribution < 1.29 is 0 Å². The van der Waals surface area contributed by atoms with E-state index in [0.29, 0.717) is 12.8 Å². The summed E-state index contributed by atoms with van der Waals surface area (Å²) >= 11 is 5.12. The fraction of sp³-hybridized carbons (Fsp3) is 0.400. The highest BCUT2D eigenvalue weighted by atomic mass is 32.2. The lowest BCUT2D eigenvalue weighted by Gasteiger charge is -2.00. The fourth-order valence-electron chi connectivity index (χ4n) is 0.897. The third-order valence-electron chi connectivity index (χ3n) is 1.54. The molecule has 1 aromatic heterocycles. The Bertz CT molecular complexity index is 338. The van der Waals surface area contributed by atoms with Crippen LogP contribution in [-0.4, -0.2) is 11.5 Å². The van der Waals surface area contributed by atoms with Crippen molar-refractivity contribution in [2.75, 3.05) is 11.5 Å². The molecule has 2 nitrogen and oxygen atoms in total. The Morgan fingerprint density at radius 1 is 1.00 bits per heavy atom. The monoisotopic (exact) mass is 254 g/mol. The van der Waals surface area contributed by atoms with Gasteiger partial charge in [0.1, 0.15) is 0 Å². The lowest BCUT2D eigenvalue weighted by Crippen LogP contribution is -1.79. The van der Waals surface area contributed by atoms with Gasteiger partial charge in [-0.05, 0) is 0 Å². The number of nitrogens with zero attached hydrogens (tertiary/aromatic N) is 2. The molecule has 78 valence electrons. The molecule has 0 spiro atoms. The van der Waals surface area contributed by atoms with E-state index in [1.165, 1.54) is 9.79 Å². The van der Waals surface area contributed by atoms with Crippen LogP contribution < -0.4 is 0 Å². The van der Waals surface area contributed by atoms with E-state index in [2.05, 4.69) is 22.9 Å². The van der Waals surface area contributed by atoms with Crippen LogP contribution in [0.15, 0.2) is 20.6 Å². The normalized spacial score (nSPS) is 9.47. The van der Waals surface area contributed by atoms with Crippen molar-refractivity contribution in [3.8, 4) is 12.1 Å². The Kier molecular flexibility index (Phi) is 6.34. The van der Waals surface area contributed by atoms with Crippen LogP contribution in [0.4, 0.5) is 0 Å². The molecule has 0 saturated carbocycles. The van der Waals surface area contributed by atoms with Crippen LogP contribution in [0.25, 0.3) is 0 Å². The Balaban J connectivity index is 2.40. The van der Waals surface area contributed by atoms with Crippen LogP contribution >= 0.6 is 34.9 Å². The molecule has 1 heterocycles. The average Bonchev–Trinajstić information content (AvgIpc) is 2.67. The second kappa shape index (κ2) is 7.64. The van der Waals surface area contributed by atoms with Crippen molar-refractivity contribution >= 4 is 34.9 Å². The molecule has 0 aliphatic carbocycles. The number of hydrogen-bond donors (Lipinski definition) is 0. The van der Waals surface area contributed by atoms with E-state index in [4.69, 9.17) is 10.5 Å². The summed E-state index contributed by atoms with van der Waals surface area (Å²) < 4.78 is 0. The predicted octanol–water partition coefficient (Wildman–Crippen LogP) is 3.76. The van der Waals surface area contributed by atoms with Gasteiger partial charge in [0.05, 0.1) is 12.1 Å². The molecule has 15 heavy (non-hydrogen) atoms. The Morgan fingerprint density at radius 3 is 1.87 bits per heavy atom. The Labute approximate surface area is 102 Å². The molecular formula is C10H10N2S3. The topological polar surface area (TPSA) is 47.6 Å². The summed E-state index contributed by atoms with van der Waals surface area (Å²) in [6.45, 7) is 0. The van der Waals surface area contributed by atoms with Gasteiger partial charge in [0, 0.05) is 44.9 Å². The van der Waals surface area contributed by atoms with Gasteiger partial charge in [0.15, 0.2) is 0 Å². The van der Waals surface area contributed by atoms with Gasteiger partial charge in [-0.25, -0.2) is 0 Å². The van der Waals surface area contributed by atoms with Crippen molar-refractivity contribution in [2.24, 2.45) is 0 Å². The zero-order valence-corrected chi connectivity index (χ0v) is 10.6. The smallest absolute Gasteiger partial charge is 0.0630 e. The van der Waals surface area contributed by atoms with Crippen LogP contribution in [0.3, 0.4) is 0 Å². The first-order valence-corrected chi connectivity index (χ1v) is 7.35. The van der Waals surface area contributed by atoms with E-state index in [0.717, 1.165) is 11.5 Å². The summed E-state index contributed by atoms with van der Waals surface area (Å²) in [7, 11) is 0. The number of thiophene rings is 1. The highest BCUT2D eigenvalue weighted by molar-refractivity contribution is 8.02. The fourth-order valence-corrected chi connectivity index (χ4v) is 4.08. The SMILES string of the molecule is N#CCCSc1cscc1SCCC#N. The molecule has 1 aromatic rings. The van der Waals surface area contributed by atoms with Gasteiger partial charge in [0.25, 0.3) is 0 Å². The molecule has 0 unspecified atom stereocenters. The number of thioether (sulfide) groups is 2. The summed E-state index contributed by atoms with van der Waals surface area (Å²) in [5, 5.41) is 21.1. The van der Waals surface area contributed by atoms with Gasteiger partial charge >= 0.3 is 0 Å². The van der Waals surface area contributed by atoms with E-state index >= 15 is 0 Å². The summed E-state index contributed by atoms with van der Waals surface area (Å²) in [5.74, 6) is 1.69. The maximum atomic E-state index is 8.44. The first kappa shape index (κ1) is 12.4. The maximum absolute atomic E-state index is 8.44. The Morgan fingerprint density at radius 2 is 1.47 bits per heavy atom. The predicted molar refractivity (Wildman–Crippen MR) is 66.2 cm³/mol. The van der Waals surface area contributed by atoms with Gasteiger partial charge in [-0.2, -0.15) is 21.9 Å². The molecule has 0 atom stereocenters. The van der Waals surface area contributed by atoms with Gasteiger partial charge in [-0.1, -0.05) is 0 Å². The summed E-state index contributed by atoms with van der Waals surface area (Å²) in [5.41, 5.74) is 0. The third kappa shape index (κ3) is 4.61. The van der Waals surface area contributed by atoms with Gasteiger partial charge < -0.3 is 0 Å². The molecule has 0 N–H and O–H groups in total. The molecule has 0 aromatic carbocycles. The molecule has 0 bridgehead atoms. The quantitative estimate of drug-likeness (QED) is 0.573. The molecule has 0 fully saturated rings. The lowest BCUT2D eigenvalue weighted by molar-refractivity contribution is 1.21. The van der Waals surface area contributed by atoms with Crippen LogP contribution in [-0.2, 0) is 0 Å². The minimum Gasteiger partial charge on any atom is -0.198 e. The van der Waals surface area contributed by atoms with Crippen LogP contribution in [0, 0.1) is 22.7 Å². The largest absolute Gasteiger partial charge is 0.198 e. The van der Waals surface area contributed by atoms with Crippen molar-refractivity contribution in [3.05, 3.63) is 10.8 Å². The molecule has 5 heteroatoms. The minimum atomic E-state index is 0.586. The van der Waals surface area contributed by atoms with Gasteiger partial charge in [-0.15, -0.1) is 23.5 Å². The van der Waals surface area contributed by atoms with E-state index in [9.17, 15) is 0 Å². The zero-order valence-electron chi connectivity index (χ0n) is 8.10. The minimum absolute atomic E-state index is 0.586. The molecule has 0 radical (unpaired) electrons. The van der Waals surface area contributed by atoms with Crippen molar-refractivity contribution in [1.29, 1.82) is 10.5 Å². The third-order valence-corrected chi connectivity index (χ3v) is 4.82. The first-order valence-electron chi connectivity index (χ1n) is 4.44. The van der Waals surface area contributed by atoms with E-state index in [1.807, 2.05) is 0 Å². The molecule has 0 aliphatic heterocycles. The van der Waals surface area contributed by atoms with E-state index in [1.54, 1.807) is 34.9 Å². The molecular weight excluding hydrogens is 244 g/mol. The maximum Gasteiger partial charge on any atom is 0.0630 e. The summed E-state index contributed by atoms with van der Waals surface area (Å²) in [6, 6.07) is 4.27. The van der Waals surface area contributed by atoms with E-state index < -0.39 is 0 Å². The lowest BCUT2D eigenvalue weighted by atomic mass is 10.6. The number of hydrogen-bond acceptors (Lipinski definition) is 5. The number of nitriles is 2. The second-order valence-corrected chi connectivity index (χ2v) is 5.63. The van der Waals surface area contributed by atoms with Gasteiger partial charge in [-0.3, -0.25) is 0 Å². The molecule has 0 saturated heterocycles. The average molecular weight is 254 g/mol. The van der Waals surface area contributed by atoms with E-state index in [-0.39, 0.29) is 0 Å². The van der Waals surface area contributed by atoms with Gasteiger partial charge in [0.2, 0.25) is 0 Å². The summed E-state index contributed by atoms with van der Waals surface area (Å²) in [6.07, 6.45) is 1.17. The zero-order chi connectivity index (χ0) is 10.9. The number of rotatable bonds is 6. The van der Waals surface area contributed by atoms with Crippen LogP contribution in [0.1, 0.15) is 12.8 Å². The standard InChI is InChI=1S/C10H10N2S3/c11-3-1-5-14-9-7-13-8-10(9)15-6-2-4-12/h7-8H,1-2,5-6H2. The first-order chi connectivity index (χ1) is 7.38. The molecule has 0 aliphatic rings. The molecule has 0 amide bonds. The second-order valence-electron chi connectivity index (χ2n) is 2.61. The molecule has 1 rings (SSSR count). The van der Waals surface area contributed by atoms with Crippen molar-refractivity contribution in [2.45, 2.75) is 22.6 Å². The van der Waals surface area contributed by atoms with Crippen LogP contribution in [0.2, 0.25) is 0 Å².